The van der Waals surface area contributed by atoms with Crippen molar-refractivity contribution < 1.29 is 13.9 Å². The van der Waals surface area contributed by atoms with Crippen molar-refractivity contribution in [1.29, 1.82) is 0 Å². The summed E-state index contributed by atoms with van der Waals surface area (Å²) in [5.41, 5.74) is 3.79. The van der Waals surface area contributed by atoms with Gasteiger partial charge in [-0.25, -0.2) is 4.39 Å². The van der Waals surface area contributed by atoms with Gasteiger partial charge >= 0.3 is 0 Å². The minimum atomic E-state index is -0.256. The molecule has 26 heavy (non-hydrogen) atoms. The molecule has 0 radical (unpaired) electrons. The van der Waals surface area contributed by atoms with Crippen LogP contribution in [0.4, 0.5) is 4.39 Å². The van der Waals surface area contributed by atoms with Crippen LogP contribution in [0.2, 0.25) is 0 Å². The van der Waals surface area contributed by atoms with Crippen molar-refractivity contribution in [2.24, 2.45) is 0 Å². The maximum Gasteiger partial charge on any atom is 0.251 e. The Hall–Kier alpha value is -2.24. The molecule has 1 aliphatic rings. The van der Waals surface area contributed by atoms with Gasteiger partial charge in [0.15, 0.2) is 0 Å². The first-order valence-corrected chi connectivity index (χ1v) is 8.97. The molecule has 1 atom stereocenters. The molecule has 0 bridgehead atoms. The van der Waals surface area contributed by atoms with Crippen LogP contribution >= 0.6 is 0 Å². The molecule has 1 unspecified atom stereocenters. The zero-order valence-corrected chi connectivity index (χ0v) is 15.3. The maximum absolute atomic E-state index is 13.3. The lowest BCUT2D eigenvalue weighted by Crippen LogP contribution is -2.43. The van der Waals surface area contributed by atoms with Crippen LogP contribution in [0.25, 0.3) is 0 Å². The quantitative estimate of drug-likeness (QED) is 0.894. The van der Waals surface area contributed by atoms with Gasteiger partial charge in [-0.3, -0.25) is 9.69 Å². The molecule has 5 heteroatoms. The maximum atomic E-state index is 13.3. The van der Waals surface area contributed by atoms with Crippen LogP contribution in [0.1, 0.15) is 33.1 Å². The first kappa shape index (κ1) is 18.5. The Bertz CT molecular complexity index is 755. The number of rotatable bonds is 5. The molecular weight excluding hydrogens is 331 g/mol. The van der Waals surface area contributed by atoms with Crippen LogP contribution in [0.5, 0.6) is 0 Å². The van der Waals surface area contributed by atoms with Crippen LogP contribution in [0.3, 0.4) is 0 Å². The Labute approximate surface area is 154 Å². The van der Waals surface area contributed by atoms with Gasteiger partial charge in [-0.15, -0.1) is 0 Å². The Kier molecular flexibility index (Phi) is 6.01. The fourth-order valence-corrected chi connectivity index (χ4v) is 3.38. The van der Waals surface area contributed by atoms with E-state index in [4.69, 9.17) is 4.74 Å². The number of morpholine rings is 1. The van der Waals surface area contributed by atoms with Gasteiger partial charge in [-0.2, -0.15) is 0 Å². The molecule has 4 nitrogen and oxygen atoms in total. The Balaban J connectivity index is 1.74. The van der Waals surface area contributed by atoms with E-state index >= 15 is 0 Å². The van der Waals surface area contributed by atoms with Crippen LogP contribution in [0.15, 0.2) is 42.5 Å². The topological polar surface area (TPSA) is 41.6 Å². The predicted octanol–water partition coefficient (Wildman–Crippen LogP) is 3.25. The lowest BCUT2D eigenvalue weighted by molar-refractivity contribution is 0.0162. The summed E-state index contributed by atoms with van der Waals surface area (Å²) in [4.78, 5) is 14.9. The number of hydrogen-bond donors (Lipinski definition) is 1. The van der Waals surface area contributed by atoms with E-state index in [1.807, 2.05) is 32.0 Å². The molecule has 0 aromatic heterocycles. The summed E-state index contributed by atoms with van der Waals surface area (Å²) in [5, 5.41) is 3.05. The lowest BCUT2D eigenvalue weighted by atomic mass is 10.0. The second kappa shape index (κ2) is 8.43. The fraction of sp³-hybridized carbons (Fsp3) is 0.381. The van der Waals surface area contributed by atoms with E-state index in [1.54, 1.807) is 12.1 Å². The minimum Gasteiger partial charge on any atom is -0.379 e. The third-order valence-corrected chi connectivity index (χ3v) is 4.82. The Morgan fingerprint density at radius 1 is 1.15 bits per heavy atom. The van der Waals surface area contributed by atoms with Crippen molar-refractivity contribution in [1.82, 2.24) is 10.2 Å². The Morgan fingerprint density at radius 2 is 1.85 bits per heavy atom. The van der Waals surface area contributed by atoms with Gasteiger partial charge < -0.3 is 10.1 Å². The van der Waals surface area contributed by atoms with E-state index in [2.05, 4.69) is 10.2 Å². The molecule has 1 N–H and O–H groups in total. The first-order valence-electron chi connectivity index (χ1n) is 8.97. The van der Waals surface area contributed by atoms with E-state index in [9.17, 15) is 9.18 Å². The van der Waals surface area contributed by atoms with Crippen molar-refractivity contribution in [3.8, 4) is 0 Å². The van der Waals surface area contributed by atoms with Gasteiger partial charge in [0.05, 0.1) is 19.3 Å². The van der Waals surface area contributed by atoms with Crippen LogP contribution in [-0.2, 0) is 4.74 Å². The summed E-state index contributed by atoms with van der Waals surface area (Å²) in [5.74, 6) is -0.336. The highest BCUT2D eigenvalue weighted by Crippen LogP contribution is 2.22. The van der Waals surface area contributed by atoms with Gasteiger partial charge in [-0.05, 0) is 43.2 Å². The number of hydrogen-bond acceptors (Lipinski definition) is 3. The van der Waals surface area contributed by atoms with Crippen molar-refractivity contribution in [3.05, 3.63) is 70.5 Å². The number of nitrogens with one attached hydrogen (secondary N) is 1. The van der Waals surface area contributed by atoms with E-state index in [0.29, 0.717) is 25.3 Å². The van der Waals surface area contributed by atoms with Crippen LogP contribution < -0.4 is 5.32 Å². The molecule has 0 saturated carbocycles. The number of ether oxygens (including phenoxy) is 1. The molecule has 1 amide bonds. The summed E-state index contributed by atoms with van der Waals surface area (Å²) in [6.45, 7) is 7.35. The number of benzene rings is 2. The summed E-state index contributed by atoms with van der Waals surface area (Å²) in [6.07, 6.45) is 0. The Morgan fingerprint density at radius 3 is 2.50 bits per heavy atom. The number of halogens is 1. The van der Waals surface area contributed by atoms with Gasteiger partial charge in [0.1, 0.15) is 5.82 Å². The summed E-state index contributed by atoms with van der Waals surface area (Å²) in [6, 6.07) is 12.3. The smallest absolute Gasteiger partial charge is 0.251 e. The predicted molar refractivity (Wildman–Crippen MR) is 99.8 cm³/mol. The number of aryl methyl sites for hydroxylation is 2. The summed E-state index contributed by atoms with van der Waals surface area (Å²) in [7, 11) is 0. The van der Waals surface area contributed by atoms with E-state index in [0.717, 1.165) is 29.8 Å². The summed E-state index contributed by atoms with van der Waals surface area (Å²) >= 11 is 0. The molecule has 2 aromatic carbocycles. The van der Waals surface area contributed by atoms with Gasteiger partial charge in [0.25, 0.3) is 5.91 Å². The fourth-order valence-electron chi connectivity index (χ4n) is 3.38. The van der Waals surface area contributed by atoms with Crippen LogP contribution in [0, 0.1) is 19.7 Å². The molecule has 1 fully saturated rings. The summed E-state index contributed by atoms with van der Waals surface area (Å²) < 4.78 is 18.7. The third kappa shape index (κ3) is 4.48. The third-order valence-electron chi connectivity index (χ3n) is 4.82. The second-order valence-electron chi connectivity index (χ2n) is 6.74. The molecule has 1 aliphatic heterocycles. The lowest BCUT2D eigenvalue weighted by Gasteiger charge is -2.35. The molecular formula is C21H25FN2O2. The normalized spacial score (nSPS) is 16.3. The van der Waals surface area contributed by atoms with Gasteiger partial charge in [0, 0.05) is 25.2 Å². The average Bonchev–Trinajstić information content (AvgIpc) is 2.64. The standard InChI is InChI=1S/C21H25FN2O2/c1-15-3-8-19(16(2)13-15)21(25)23-14-20(24-9-11-26-12-10-24)17-4-6-18(22)7-5-17/h3-8,13,20H,9-12,14H2,1-2H3,(H,23,25). The zero-order valence-electron chi connectivity index (χ0n) is 15.3. The second-order valence-corrected chi connectivity index (χ2v) is 6.74. The van der Waals surface area contributed by atoms with Crippen molar-refractivity contribution in [2.75, 3.05) is 32.8 Å². The highest BCUT2D eigenvalue weighted by atomic mass is 19.1. The monoisotopic (exact) mass is 356 g/mol. The van der Waals surface area contributed by atoms with E-state index in [1.165, 1.54) is 12.1 Å². The molecule has 1 saturated heterocycles. The molecule has 0 spiro atoms. The number of amides is 1. The highest BCUT2D eigenvalue weighted by molar-refractivity contribution is 5.95. The SMILES string of the molecule is Cc1ccc(C(=O)NCC(c2ccc(F)cc2)N2CCOCC2)c(C)c1. The molecule has 3 rings (SSSR count). The largest absolute Gasteiger partial charge is 0.379 e. The van der Waals surface area contributed by atoms with Crippen molar-refractivity contribution in [2.45, 2.75) is 19.9 Å². The molecule has 138 valence electrons. The highest BCUT2D eigenvalue weighted by Gasteiger charge is 2.23. The first-order chi connectivity index (χ1) is 12.5. The number of nitrogens with zero attached hydrogens (tertiary/aromatic N) is 1. The molecule has 2 aromatic rings. The van der Waals surface area contributed by atoms with E-state index < -0.39 is 0 Å². The number of carbonyl (C=O) groups excluding carboxylic acids is 1. The minimum absolute atomic E-state index is 0.00537. The van der Waals surface area contributed by atoms with E-state index in [-0.39, 0.29) is 17.8 Å². The van der Waals surface area contributed by atoms with Crippen molar-refractivity contribution in [3.63, 3.8) is 0 Å². The van der Waals surface area contributed by atoms with Gasteiger partial charge in [0.2, 0.25) is 0 Å². The molecule has 1 heterocycles. The average molecular weight is 356 g/mol. The molecule has 0 aliphatic carbocycles. The van der Waals surface area contributed by atoms with Crippen LogP contribution in [-0.4, -0.2) is 43.7 Å². The zero-order chi connectivity index (χ0) is 18.5. The number of carbonyl (C=O) groups is 1. The van der Waals surface area contributed by atoms with Crippen molar-refractivity contribution >= 4 is 5.91 Å². The van der Waals surface area contributed by atoms with Gasteiger partial charge in [-0.1, -0.05) is 29.8 Å².